The number of carboxylic acids is 1. The van der Waals surface area contributed by atoms with Crippen molar-refractivity contribution in [1.82, 2.24) is 0 Å². The second-order valence-electron chi connectivity index (χ2n) is 4.96. The van der Waals surface area contributed by atoms with Gasteiger partial charge in [0.15, 0.2) is 0 Å². The van der Waals surface area contributed by atoms with E-state index in [0.717, 1.165) is 11.9 Å². The van der Waals surface area contributed by atoms with Crippen molar-refractivity contribution in [2.24, 2.45) is 16.5 Å². The molecule has 25 heavy (non-hydrogen) atoms. The summed E-state index contributed by atoms with van der Waals surface area (Å²) in [4.78, 5) is 15.0. The van der Waals surface area contributed by atoms with Crippen molar-refractivity contribution in [2.45, 2.75) is 25.3 Å². The van der Waals surface area contributed by atoms with Crippen LogP contribution in [-0.4, -0.2) is 41.3 Å². The third kappa shape index (κ3) is 9.07. The SMILES string of the molecule is C=CCc1cccc(/C=C/C=NC(CCCN)C(=O)O)c1O.N=CN. The third-order valence-electron chi connectivity index (χ3n) is 3.11. The average Bonchev–Trinajstić information content (AvgIpc) is 2.57. The van der Waals surface area contributed by atoms with Crippen LogP contribution in [0.25, 0.3) is 6.08 Å². The molecule has 7 N–H and O–H groups in total. The fourth-order valence-corrected chi connectivity index (χ4v) is 1.94. The van der Waals surface area contributed by atoms with Gasteiger partial charge >= 0.3 is 5.97 Å². The number of aliphatic carboxylic acids is 1. The highest BCUT2D eigenvalue weighted by Gasteiger charge is 2.13. The maximum Gasteiger partial charge on any atom is 0.328 e. The summed E-state index contributed by atoms with van der Waals surface area (Å²) in [6, 6.07) is 4.66. The van der Waals surface area contributed by atoms with Gasteiger partial charge < -0.3 is 21.7 Å². The van der Waals surface area contributed by atoms with E-state index in [-0.39, 0.29) is 5.75 Å². The predicted octanol–water partition coefficient (Wildman–Crippen LogP) is 1.95. The van der Waals surface area contributed by atoms with E-state index in [1.807, 2.05) is 12.1 Å². The van der Waals surface area contributed by atoms with E-state index in [1.54, 1.807) is 24.3 Å². The van der Waals surface area contributed by atoms with E-state index >= 15 is 0 Å². The van der Waals surface area contributed by atoms with Crippen LogP contribution in [0.3, 0.4) is 0 Å². The number of aliphatic imine (C=N–C) groups is 1. The number of phenols is 1. The van der Waals surface area contributed by atoms with Gasteiger partial charge in [-0.25, -0.2) is 4.79 Å². The topological polar surface area (TPSA) is 146 Å². The van der Waals surface area contributed by atoms with Gasteiger partial charge in [0.25, 0.3) is 0 Å². The summed E-state index contributed by atoms with van der Waals surface area (Å²) in [7, 11) is 0. The van der Waals surface area contributed by atoms with Crippen LogP contribution in [0.15, 0.2) is 41.9 Å². The first-order valence-corrected chi connectivity index (χ1v) is 7.76. The van der Waals surface area contributed by atoms with Gasteiger partial charge in [-0.15, -0.1) is 6.58 Å². The molecule has 136 valence electrons. The highest BCUT2D eigenvalue weighted by molar-refractivity contribution is 5.82. The molecular weight excluding hydrogens is 320 g/mol. The molecular formula is C18H26N4O3. The Morgan fingerprint density at radius 2 is 2.12 bits per heavy atom. The molecule has 0 saturated heterocycles. The largest absolute Gasteiger partial charge is 0.507 e. The molecule has 1 atom stereocenters. The lowest BCUT2D eigenvalue weighted by molar-refractivity contribution is -0.138. The summed E-state index contributed by atoms with van der Waals surface area (Å²) in [6.07, 6.45) is 8.83. The van der Waals surface area contributed by atoms with Gasteiger partial charge in [0.2, 0.25) is 0 Å². The summed E-state index contributed by atoms with van der Waals surface area (Å²) < 4.78 is 0. The number of benzene rings is 1. The van der Waals surface area contributed by atoms with E-state index in [4.69, 9.17) is 16.2 Å². The van der Waals surface area contributed by atoms with Crippen LogP contribution in [0.4, 0.5) is 0 Å². The number of para-hydroxylation sites is 1. The molecule has 7 nitrogen and oxygen atoms in total. The molecule has 0 saturated carbocycles. The number of allylic oxidation sites excluding steroid dienone is 2. The Morgan fingerprint density at radius 3 is 2.68 bits per heavy atom. The molecule has 0 fully saturated rings. The molecule has 1 unspecified atom stereocenters. The van der Waals surface area contributed by atoms with E-state index < -0.39 is 12.0 Å². The maximum atomic E-state index is 11.0. The molecule has 0 bridgehead atoms. The van der Waals surface area contributed by atoms with Gasteiger partial charge in [0.05, 0.1) is 6.34 Å². The summed E-state index contributed by atoms with van der Waals surface area (Å²) in [6.45, 7) is 4.09. The minimum atomic E-state index is -0.964. The molecule has 0 aliphatic carbocycles. The molecule has 1 rings (SSSR count). The maximum absolute atomic E-state index is 11.0. The molecule has 0 heterocycles. The van der Waals surface area contributed by atoms with Gasteiger partial charge in [-0.3, -0.25) is 10.4 Å². The number of aromatic hydroxyl groups is 1. The van der Waals surface area contributed by atoms with Crippen LogP contribution in [0.1, 0.15) is 24.0 Å². The Kier molecular flexibility index (Phi) is 11.9. The first-order valence-electron chi connectivity index (χ1n) is 7.76. The lowest BCUT2D eigenvalue weighted by atomic mass is 10.1. The van der Waals surface area contributed by atoms with E-state index in [1.165, 1.54) is 6.21 Å². The Morgan fingerprint density at radius 1 is 1.44 bits per heavy atom. The van der Waals surface area contributed by atoms with Crippen LogP contribution in [0.5, 0.6) is 5.75 Å². The monoisotopic (exact) mass is 346 g/mol. The van der Waals surface area contributed by atoms with Crippen molar-refractivity contribution in [3.8, 4) is 5.75 Å². The molecule has 7 heteroatoms. The van der Waals surface area contributed by atoms with Crippen LogP contribution < -0.4 is 11.5 Å². The first kappa shape index (κ1) is 22.1. The van der Waals surface area contributed by atoms with E-state index in [2.05, 4.69) is 17.3 Å². The Bertz CT molecular complexity index is 612. The van der Waals surface area contributed by atoms with Gasteiger partial charge in [-0.2, -0.15) is 0 Å². The fraction of sp³-hybridized carbons (Fsp3) is 0.278. The Balaban J connectivity index is 0.00000178. The summed E-state index contributed by atoms with van der Waals surface area (Å²) in [5.41, 5.74) is 11.2. The minimum Gasteiger partial charge on any atom is -0.507 e. The Hall–Kier alpha value is -2.93. The average molecular weight is 346 g/mol. The predicted molar refractivity (Wildman–Crippen MR) is 102 cm³/mol. The van der Waals surface area contributed by atoms with Gasteiger partial charge in [-0.1, -0.05) is 24.3 Å². The molecule has 1 aromatic carbocycles. The van der Waals surface area contributed by atoms with Crippen LogP contribution in [0, 0.1) is 5.41 Å². The van der Waals surface area contributed by atoms with Gasteiger partial charge in [0, 0.05) is 11.8 Å². The van der Waals surface area contributed by atoms with E-state index in [0.29, 0.717) is 31.4 Å². The standard InChI is InChI=1S/C17H22N2O3.CH4N2/c1-2-6-13-7-3-8-14(16(13)20)9-5-12-19-15(17(21)22)10-4-11-18;2-1-3/h2-3,5,7-9,12,15,20H,1,4,6,10-11,18H2,(H,21,22);1H,(H3,2,3)/b9-5+,19-12?;. The Labute approximate surface area is 147 Å². The summed E-state index contributed by atoms with van der Waals surface area (Å²) >= 11 is 0. The number of carboxylic acid groups (broad SMARTS) is 1. The van der Waals surface area contributed by atoms with E-state index in [9.17, 15) is 9.90 Å². The van der Waals surface area contributed by atoms with Crippen molar-refractivity contribution in [2.75, 3.05) is 6.54 Å². The number of nitrogens with one attached hydrogen (secondary N) is 1. The number of rotatable bonds is 9. The highest BCUT2D eigenvalue weighted by atomic mass is 16.4. The number of nitrogens with zero attached hydrogens (tertiary/aromatic N) is 1. The first-order chi connectivity index (χ1) is 12.0. The van der Waals surface area contributed by atoms with Crippen molar-refractivity contribution in [3.05, 3.63) is 48.1 Å². The molecule has 0 radical (unpaired) electrons. The zero-order valence-corrected chi connectivity index (χ0v) is 14.1. The molecule has 1 aromatic rings. The third-order valence-corrected chi connectivity index (χ3v) is 3.11. The van der Waals surface area contributed by atoms with Crippen LogP contribution >= 0.6 is 0 Å². The number of hydrogen-bond acceptors (Lipinski definition) is 5. The second kappa shape index (κ2) is 13.5. The number of carbonyl (C=O) groups is 1. The summed E-state index contributed by atoms with van der Waals surface area (Å²) in [5, 5.41) is 25.0. The molecule has 0 aliphatic rings. The van der Waals surface area contributed by atoms with Gasteiger partial charge in [0.1, 0.15) is 11.8 Å². The zero-order chi connectivity index (χ0) is 19.1. The smallest absolute Gasteiger partial charge is 0.328 e. The van der Waals surface area contributed by atoms with Gasteiger partial charge in [-0.05, 0) is 43.5 Å². The van der Waals surface area contributed by atoms with Crippen molar-refractivity contribution >= 4 is 24.6 Å². The highest BCUT2D eigenvalue weighted by Crippen LogP contribution is 2.24. The summed E-state index contributed by atoms with van der Waals surface area (Å²) in [5.74, 6) is -0.765. The normalized spacial score (nSPS) is 11.7. The van der Waals surface area contributed by atoms with Crippen LogP contribution in [-0.2, 0) is 11.2 Å². The van der Waals surface area contributed by atoms with Crippen molar-refractivity contribution < 1.29 is 15.0 Å². The zero-order valence-electron chi connectivity index (χ0n) is 14.1. The minimum absolute atomic E-state index is 0.199. The molecule has 0 spiro atoms. The molecule has 0 aromatic heterocycles. The molecule has 0 amide bonds. The van der Waals surface area contributed by atoms with Crippen molar-refractivity contribution in [3.63, 3.8) is 0 Å². The number of hydrogen-bond donors (Lipinski definition) is 5. The van der Waals surface area contributed by atoms with Crippen LogP contribution in [0.2, 0.25) is 0 Å². The lowest BCUT2D eigenvalue weighted by Gasteiger charge is -2.05. The fourth-order valence-electron chi connectivity index (χ4n) is 1.94. The molecule has 0 aliphatic heterocycles. The quantitative estimate of drug-likeness (QED) is 0.263. The second-order valence-corrected chi connectivity index (χ2v) is 4.96. The number of phenolic OH excluding ortho intramolecular Hbond substituents is 1. The lowest BCUT2D eigenvalue weighted by Crippen LogP contribution is -2.19. The van der Waals surface area contributed by atoms with Crippen molar-refractivity contribution in [1.29, 1.82) is 5.41 Å². The number of nitrogens with two attached hydrogens (primary N) is 2.